The maximum Gasteiger partial charge on any atom is 0.209 e. The minimum absolute atomic E-state index is 0.118. The largest absolute Gasteiger partial charge is 0.301 e. The van der Waals surface area contributed by atoms with Gasteiger partial charge in [0.15, 0.2) is 0 Å². The summed E-state index contributed by atoms with van der Waals surface area (Å²) in [6.07, 6.45) is -0.118. The van der Waals surface area contributed by atoms with Crippen LogP contribution >= 0.6 is 25.5 Å². The van der Waals surface area contributed by atoms with Crippen molar-refractivity contribution in [3.8, 4) is 0 Å². The Morgan fingerprint density at radius 1 is 2.00 bits per heavy atom. The van der Waals surface area contributed by atoms with E-state index in [1.807, 2.05) is 0 Å². The molecule has 0 aromatic heterocycles. The lowest BCUT2D eigenvalue weighted by molar-refractivity contribution is 0.647. The minimum atomic E-state index is -2.48. The van der Waals surface area contributed by atoms with Gasteiger partial charge in [-0.15, -0.1) is 0 Å². The van der Waals surface area contributed by atoms with Crippen LogP contribution in [0.3, 0.4) is 0 Å². The van der Waals surface area contributed by atoms with E-state index in [0.29, 0.717) is 0 Å². The van der Waals surface area contributed by atoms with Crippen LogP contribution in [0.15, 0.2) is 0 Å². The van der Waals surface area contributed by atoms with Gasteiger partial charge in [-0.1, -0.05) is 0 Å². The number of nitrogens with one attached hydrogen (secondary N) is 1. The fourth-order valence-electron chi connectivity index (χ4n) is 0. The zero-order valence-electron chi connectivity index (χ0n) is 2.36. The van der Waals surface area contributed by atoms with Crippen molar-refractivity contribution in [2.75, 3.05) is 0 Å². The van der Waals surface area contributed by atoms with Gasteiger partial charge in [-0.2, -0.15) is 0 Å². The van der Waals surface area contributed by atoms with Gasteiger partial charge in [0, 0.05) is 0 Å². The van der Waals surface area contributed by atoms with Crippen LogP contribution in [0.25, 0.3) is 0 Å². The lowest BCUT2D eigenvalue weighted by Gasteiger charge is -1.62. The Hall–Kier alpha value is 0.720. The van der Waals surface area contributed by atoms with Crippen molar-refractivity contribution in [2.45, 2.75) is 0 Å². The number of rotatable bonds is 1. The van der Waals surface area contributed by atoms with Crippen molar-refractivity contribution < 1.29 is 3.07 Å². The van der Waals surface area contributed by atoms with Gasteiger partial charge in [-0.25, -0.2) is 3.56 Å². The monoisotopic (exact) mass is 206 g/mol. The quantitative estimate of drug-likeness (QED) is 0.497. The van der Waals surface area contributed by atoms with E-state index in [9.17, 15) is 3.07 Å². The van der Waals surface area contributed by atoms with Crippen LogP contribution in [0.1, 0.15) is 0 Å². The second-order valence-corrected chi connectivity index (χ2v) is 6.17. The van der Waals surface area contributed by atoms with Crippen LogP contribution in [-0.4, -0.2) is 0 Å². The lowest BCUT2D eigenvalue weighted by atomic mass is 13.9. The molecule has 3 N–H and O–H groups in total. The Morgan fingerprint density at radius 3 is 2.20 bits per heavy atom. The van der Waals surface area contributed by atoms with Gasteiger partial charge >= 0.3 is 0 Å². The van der Waals surface area contributed by atoms with Crippen molar-refractivity contribution >= 4 is 25.5 Å². The number of halogens is 1. The van der Waals surface area contributed by atoms with Crippen molar-refractivity contribution in [3.63, 3.8) is 0 Å². The molecule has 0 bridgehead atoms. The Bertz CT molecular complexity index is 67.7. The maximum absolute atomic E-state index is 9.61. The third-order valence-electron chi connectivity index (χ3n) is 0.0991. The first kappa shape index (κ1) is 5.72. The highest BCUT2D eigenvalue weighted by molar-refractivity contribution is 14.2. The molecule has 0 fully saturated rings. The summed E-state index contributed by atoms with van der Waals surface area (Å²) in [5.74, 6) is 0. The summed E-state index contributed by atoms with van der Waals surface area (Å²) >= 11 is -2.48. The summed E-state index contributed by atoms with van der Waals surface area (Å²) < 4.78 is 15.9. The van der Waals surface area contributed by atoms with Crippen molar-refractivity contribution in [2.24, 2.45) is 5.50 Å². The SMILES string of the molecule is N=I(=O)PN. The van der Waals surface area contributed by atoms with Gasteiger partial charge in [0.1, 0.15) is 0 Å². The zero-order chi connectivity index (χ0) is 4.28. The highest BCUT2D eigenvalue weighted by Gasteiger charge is 1.66. The Kier molecular flexibility index (Phi) is 3.35. The van der Waals surface area contributed by atoms with Gasteiger partial charge in [-0.3, -0.25) is 3.07 Å². The molecular weight excluding hydrogens is 202 g/mol. The average molecular weight is 206 g/mol. The van der Waals surface area contributed by atoms with Crippen LogP contribution in [0.2, 0.25) is 0 Å². The lowest BCUT2D eigenvalue weighted by Crippen LogP contribution is -1.56. The van der Waals surface area contributed by atoms with Crippen LogP contribution < -0.4 is 5.50 Å². The van der Waals surface area contributed by atoms with Crippen LogP contribution in [0.5, 0.6) is 0 Å². The summed E-state index contributed by atoms with van der Waals surface area (Å²) in [5, 5.41) is 0. The van der Waals surface area contributed by atoms with Crippen LogP contribution in [0, 0.1) is 3.56 Å². The fourth-order valence-corrected chi connectivity index (χ4v) is 0. The van der Waals surface area contributed by atoms with E-state index in [4.69, 9.17) is 9.07 Å². The van der Waals surface area contributed by atoms with E-state index < -0.39 is 19.1 Å². The third kappa shape index (κ3) is 4.72. The predicted molar refractivity (Wildman–Crippen MR) is 29.9 cm³/mol. The van der Waals surface area contributed by atoms with Crippen molar-refractivity contribution in [3.05, 3.63) is 0 Å². The Balaban J connectivity index is 3.23. The average Bonchev–Trinajstić information content (AvgIpc) is 1.38. The second kappa shape index (κ2) is 2.93. The molecule has 0 saturated carbocycles. The van der Waals surface area contributed by atoms with Gasteiger partial charge in [-0.05, 0) is 0 Å². The Morgan fingerprint density at radius 2 is 2.20 bits per heavy atom. The molecule has 5 heteroatoms. The summed E-state index contributed by atoms with van der Waals surface area (Å²) in [6.45, 7) is 0. The molecule has 0 aromatic carbocycles. The van der Waals surface area contributed by atoms with Gasteiger partial charge in [0.2, 0.25) is 19.1 Å². The first-order valence-corrected chi connectivity index (χ1v) is 6.97. The molecule has 0 amide bonds. The van der Waals surface area contributed by atoms with Gasteiger partial charge < -0.3 is 5.50 Å². The first-order valence-electron chi connectivity index (χ1n) is 0.821. The molecule has 0 aliphatic rings. The summed E-state index contributed by atoms with van der Waals surface area (Å²) in [7, 11) is 0. The smallest absolute Gasteiger partial charge is 0.209 e. The second-order valence-electron chi connectivity index (χ2n) is 0.358. The molecule has 0 rings (SSSR count). The number of hydrogen-bond donors (Lipinski definition) is 2. The fraction of sp³-hybridized carbons (Fsp3) is 0. The van der Waals surface area contributed by atoms with Gasteiger partial charge in [0.25, 0.3) is 0 Å². The summed E-state index contributed by atoms with van der Waals surface area (Å²) in [5.41, 5.74) is 4.77. The number of hydrogen-bond acceptors (Lipinski definition) is 3. The van der Waals surface area contributed by atoms with E-state index in [-0.39, 0.29) is 6.37 Å². The molecule has 1 unspecified atom stereocenters. The van der Waals surface area contributed by atoms with Crippen molar-refractivity contribution in [1.82, 2.24) is 0 Å². The molecule has 5 heavy (non-hydrogen) atoms. The molecule has 0 spiro atoms. The summed E-state index contributed by atoms with van der Waals surface area (Å²) in [6, 6.07) is 0. The minimum Gasteiger partial charge on any atom is -0.301 e. The Labute approximate surface area is 38.0 Å². The molecule has 32 valence electrons. The summed E-state index contributed by atoms with van der Waals surface area (Å²) in [4.78, 5) is 0. The van der Waals surface area contributed by atoms with E-state index in [1.165, 1.54) is 0 Å². The molecule has 0 saturated heterocycles. The number of nitrogens with two attached hydrogens (primary N) is 1. The highest BCUT2D eigenvalue weighted by Crippen LogP contribution is 2.25. The molecule has 1 atom stereocenters. The molecular formula is H4IN2OP. The molecule has 0 heterocycles. The van der Waals surface area contributed by atoms with E-state index in [2.05, 4.69) is 0 Å². The van der Waals surface area contributed by atoms with E-state index >= 15 is 0 Å². The highest BCUT2D eigenvalue weighted by atomic mass is 127. The first-order chi connectivity index (χ1) is 2.27. The van der Waals surface area contributed by atoms with Gasteiger partial charge in [0.05, 0.1) is 6.37 Å². The standard InChI is InChI=1S/H4IN2OP/c2-1(4)5-3/h2,5H,3H2. The van der Waals surface area contributed by atoms with E-state index in [1.54, 1.807) is 0 Å². The molecule has 0 radical (unpaired) electrons. The van der Waals surface area contributed by atoms with Crippen LogP contribution in [-0.2, 0) is 3.07 Å². The van der Waals surface area contributed by atoms with Crippen molar-refractivity contribution in [1.29, 1.82) is 3.56 Å². The topological polar surface area (TPSA) is 66.9 Å². The molecule has 0 aliphatic heterocycles. The molecule has 0 aromatic rings. The predicted octanol–water partition coefficient (Wildman–Crippen LogP) is 1.07. The third-order valence-corrected chi connectivity index (χ3v) is 1.99. The maximum atomic E-state index is 9.61. The normalized spacial score (nSPS) is 11.6. The zero-order valence-corrected chi connectivity index (χ0v) is 5.52. The van der Waals surface area contributed by atoms with E-state index in [0.717, 1.165) is 0 Å². The molecule has 3 nitrogen and oxygen atoms in total. The molecule has 0 aliphatic carbocycles. The van der Waals surface area contributed by atoms with Crippen LogP contribution in [0.4, 0.5) is 0 Å².